The summed E-state index contributed by atoms with van der Waals surface area (Å²) in [5.41, 5.74) is -0.0737. The Morgan fingerprint density at radius 2 is 1.80 bits per heavy atom. The van der Waals surface area contributed by atoms with Crippen LogP contribution in [0.3, 0.4) is 0 Å². The predicted octanol–water partition coefficient (Wildman–Crippen LogP) is 0.711. The maximum absolute atomic E-state index is 12.2. The molecular weight excluding hydrogens is 258 g/mol. The second-order valence-corrected chi connectivity index (χ2v) is 6.00. The Bertz CT molecular complexity index is 449. The molecule has 0 spiro atoms. The number of carboxylic acids is 1. The second kappa shape index (κ2) is 6.53. The summed E-state index contributed by atoms with van der Waals surface area (Å²) in [5.74, 6) is -1.13. The highest BCUT2D eigenvalue weighted by Gasteiger charge is 2.25. The van der Waals surface area contributed by atoms with Gasteiger partial charge in [-0.3, -0.25) is 14.5 Å². The topological polar surface area (TPSA) is 84.6 Å². The summed E-state index contributed by atoms with van der Waals surface area (Å²) in [6.45, 7) is 7.74. The zero-order valence-corrected chi connectivity index (χ0v) is 12.2. The van der Waals surface area contributed by atoms with Crippen molar-refractivity contribution in [2.45, 2.75) is 20.8 Å². The summed E-state index contributed by atoms with van der Waals surface area (Å²) in [5, 5.41) is 17.8. The van der Waals surface area contributed by atoms with Gasteiger partial charge in [-0.1, -0.05) is 26.8 Å². The molecule has 1 fully saturated rings. The fraction of sp³-hybridized carbons (Fsp3) is 0.643. The molecule has 0 bridgehead atoms. The number of carboxylic acid groups (broad SMARTS) is 1. The number of rotatable bonds is 3. The van der Waals surface area contributed by atoms with Gasteiger partial charge < -0.3 is 10.0 Å². The van der Waals surface area contributed by atoms with Gasteiger partial charge in [0, 0.05) is 26.2 Å². The summed E-state index contributed by atoms with van der Waals surface area (Å²) in [6, 6.07) is 1.96. The van der Waals surface area contributed by atoms with E-state index in [-0.39, 0.29) is 23.4 Å². The molecule has 1 saturated heterocycles. The molecule has 0 aromatic rings. The molecule has 0 atom stereocenters. The van der Waals surface area contributed by atoms with E-state index in [0.29, 0.717) is 26.2 Å². The molecular formula is C14H21N3O3. The van der Waals surface area contributed by atoms with E-state index in [2.05, 4.69) is 0 Å². The minimum Gasteiger partial charge on any atom is -0.480 e. The zero-order chi connectivity index (χ0) is 15.3. The van der Waals surface area contributed by atoms with E-state index >= 15 is 0 Å². The van der Waals surface area contributed by atoms with Crippen molar-refractivity contribution in [1.82, 2.24) is 9.80 Å². The first-order chi connectivity index (χ1) is 9.23. The largest absolute Gasteiger partial charge is 0.480 e. The quantitative estimate of drug-likeness (QED) is 0.607. The number of aliphatic carboxylic acids is 1. The van der Waals surface area contributed by atoms with Crippen LogP contribution in [-0.4, -0.2) is 59.5 Å². The molecule has 0 aromatic heterocycles. The van der Waals surface area contributed by atoms with E-state index in [0.717, 1.165) is 0 Å². The maximum Gasteiger partial charge on any atom is 0.317 e. The van der Waals surface area contributed by atoms with Crippen molar-refractivity contribution in [3.05, 3.63) is 11.6 Å². The normalized spacial score (nSPS) is 17.7. The number of piperazine rings is 1. The van der Waals surface area contributed by atoms with E-state index < -0.39 is 5.97 Å². The summed E-state index contributed by atoms with van der Waals surface area (Å²) in [6.07, 6.45) is 1.68. The number of nitriles is 1. The van der Waals surface area contributed by atoms with E-state index in [1.54, 1.807) is 15.9 Å². The van der Waals surface area contributed by atoms with Gasteiger partial charge in [-0.15, -0.1) is 0 Å². The highest BCUT2D eigenvalue weighted by atomic mass is 16.4. The van der Waals surface area contributed by atoms with Crippen molar-refractivity contribution >= 4 is 11.9 Å². The minimum absolute atomic E-state index is 0.00896. The molecule has 1 heterocycles. The monoisotopic (exact) mass is 279 g/mol. The van der Waals surface area contributed by atoms with Crippen molar-refractivity contribution in [3.63, 3.8) is 0 Å². The van der Waals surface area contributed by atoms with E-state index in [1.165, 1.54) is 0 Å². The number of amides is 1. The van der Waals surface area contributed by atoms with Crippen molar-refractivity contribution < 1.29 is 14.7 Å². The third kappa shape index (κ3) is 5.02. The third-order valence-corrected chi connectivity index (χ3v) is 2.95. The summed E-state index contributed by atoms with van der Waals surface area (Å²) < 4.78 is 0. The van der Waals surface area contributed by atoms with Crippen LogP contribution in [-0.2, 0) is 9.59 Å². The molecule has 1 aliphatic rings. The van der Waals surface area contributed by atoms with Gasteiger partial charge in [-0.2, -0.15) is 5.26 Å². The fourth-order valence-corrected chi connectivity index (χ4v) is 2.05. The Labute approximate surface area is 119 Å². The molecule has 1 aliphatic heterocycles. The van der Waals surface area contributed by atoms with E-state index in [4.69, 9.17) is 10.4 Å². The SMILES string of the molecule is CC(C)(C)C=C(C#N)C(=O)N1CCN(CC(=O)O)CC1. The van der Waals surface area contributed by atoms with Gasteiger partial charge in [-0.25, -0.2) is 0 Å². The van der Waals surface area contributed by atoms with Gasteiger partial charge in [0.15, 0.2) is 0 Å². The van der Waals surface area contributed by atoms with Crippen molar-refractivity contribution in [2.24, 2.45) is 5.41 Å². The van der Waals surface area contributed by atoms with Gasteiger partial charge >= 0.3 is 5.97 Å². The van der Waals surface area contributed by atoms with Crippen molar-refractivity contribution in [1.29, 1.82) is 5.26 Å². The smallest absolute Gasteiger partial charge is 0.317 e. The van der Waals surface area contributed by atoms with Gasteiger partial charge in [-0.05, 0) is 5.41 Å². The molecule has 1 N–H and O–H groups in total. The molecule has 6 nitrogen and oxygen atoms in total. The number of hydrogen-bond acceptors (Lipinski definition) is 4. The van der Waals surface area contributed by atoms with Crippen molar-refractivity contribution in [3.8, 4) is 6.07 Å². The molecule has 110 valence electrons. The lowest BCUT2D eigenvalue weighted by molar-refractivity contribution is -0.139. The molecule has 20 heavy (non-hydrogen) atoms. The van der Waals surface area contributed by atoms with Crippen LogP contribution in [0, 0.1) is 16.7 Å². The molecule has 0 aromatic carbocycles. The first-order valence-corrected chi connectivity index (χ1v) is 6.59. The zero-order valence-electron chi connectivity index (χ0n) is 12.2. The predicted molar refractivity (Wildman–Crippen MR) is 73.8 cm³/mol. The third-order valence-electron chi connectivity index (χ3n) is 2.95. The fourth-order valence-electron chi connectivity index (χ4n) is 2.05. The van der Waals surface area contributed by atoms with Gasteiger partial charge in [0.2, 0.25) is 0 Å². The van der Waals surface area contributed by atoms with E-state index in [9.17, 15) is 9.59 Å². The van der Waals surface area contributed by atoms with Gasteiger partial charge in [0.05, 0.1) is 6.54 Å². The lowest BCUT2D eigenvalue weighted by Gasteiger charge is -2.33. The number of allylic oxidation sites excluding steroid dienone is 1. The lowest BCUT2D eigenvalue weighted by atomic mass is 9.93. The van der Waals surface area contributed by atoms with Crippen LogP contribution >= 0.6 is 0 Å². The lowest BCUT2D eigenvalue weighted by Crippen LogP contribution is -2.50. The summed E-state index contributed by atoms with van der Waals surface area (Å²) in [4.78, 5) is 26.2. The van der Waals surface area contributed by atoms with Crippen LogP contribution in [0.1, 0.15) is 20.8 Å². The van der Waals surface area contributed by atoms with Gasteiger partial charge in [0.1, 0.15) is 11.6 Å². The Hall–Kier alpha value is -1.87. The molecule has 0 unspecified atom stereocenters. The summed E-state index contributed by atoms with van der Waals surface area (Å²) in [7, 11) is 0. The van der Waals surface area contributed by atoms with E-state index in [1.807, 2.05) is 26.8 Å². The Morgan fingerprint density at radius 3 is 2.20 bits per heavy atom. The maximum atomic E-state index is 12.2. The number of carbonyl (C=O) groups is 2. The van der Waals surface area contributed by atoms with Crippen LogP contribution in [0.4, 0.5) is 0 Å². The van der Waals surface area contributed by atoms with Crippen LogP contribution in [0.25, 0.3) is 0 Å². The molecule has 0 saturated carbocycles. The van der Waals surface area contributed by atoms with Crippen LogP contribution in [0.15, 0.2) is 11.6 Å². The molecule has 0 aliphatic carbocycles. The average Bonchev–Trinajstić information content (AvgIpc) is 2.34. The Balaban J connectivity index is 2.65. The molecule has 6 heteroatoms. The standard InChI is InChI=1S/C14H21N3O3/c1-14(2,3)8-11(9-15)13(20)17-6-4-16(5-7-17)10-12(18)19/h8H,4-7,10H2,1-3H3,(H,18,19). The Kier molecular flexibility index (Phi) is 5.28. The molecule has 0 radical (unpaired) electrons. The first kappa shape index (κ1) is 16.2. The molecule has 1 amide bonds. The van der Waals surface area contributed by atoms with Crippen LogP contribution in [0.5, 0.6) is 0 Å². The second-order valence-electron chi connectivity index (χ2n) is 6.00. The highest BCUT2D eigenvalue weighted by molar-refractivity contribution is 5.97. The minimum atomic E-state index is -0.866. The van der Waals surface area contributed by atoms with Crippen LogP contribution < -0.4 is 0 Å². The highest BCUT2D eigenvalue weighted by Crippen LogP contribution is 2.19. The van der Waals surface area contributed by atoms with Crippen molar-refractivity contribution in [2.75, 3.05) is 32.7 Å². The average molecular weight is 279 g/mol. The Morgan fingerprint density at radius 1 is 1.25 bits per heavy atom. The van der Waals surface area contributed by atoms with Gasteiger partial charge in [0.25, 0.3) is 5.91 Å². The molecule has 1 rings (SSSR count). The number of nitrogens with zero attached hydrogens (tertiary/aromatic N) is 3. The first-order valence-electron chi connectivity index (χ1n) is 6.59. The summed E-state index contributed by atoms with van der Waals surface area (Å²) >= 11 is 0. The number of hydrogen-bond donors (Lipinski definition) is 1. The van der Waals surface area contributed by atoms with Crippen LogP contribution in [0.2, 0.25) is 0 Å². The number of carbonyl (C=O) groups excluding carboxylic acids is 1.